The number of aromatic nitrogens is 2. The number of carbonyl (C=O) groups excluding carboxylic acids is 1. The van der Waals surface area contributed by atoms with E-state index in [0.717, 1.165) is 41.5 Å². The van der Waals surface area contributed by atoms with Crippen LogP contribution in [0.1, 0.15) is 12.8 Å². The topological polar surface area (TPSA) is 58.1 Å². The summed E-state index contributed by atoms with van der Waals surface area (Å²) in [6.07, 6.45) is 1.87. The summed E-state index contributed by atoms with van der Waals surface area (Å²) in [5.74, 6) is 0.870. The Morgan fingerprint density at radius 1 is 1.08 bits per heavy atom. The maximum absolute atomic E-state index is 12.6. The van der Waals surface area contributed by atoms with E-state index in [1.807, 2.05) is 60.0 Å². The lowest BCUT2D eigenvalue weighted by Crippen LogP contribution is -2.41. The number of hydrogen-bond donors (Lipinski definition) is 1. The first-order chi connectivity index (χ1) is 12.8. The molecular formula is C20H20N4OS. The van der Waals surface area contributed by atoms with Gasteiger partial charge in [-0.3, -0.25) is 4.79 Å². The number of hydrogen-bond acceptors (Lipinski definition) is 5. The molecule has 1 saturated heterocycles. The number of thiophene rings is 1. The van der Waals surface area contributed by atoms with Gasteiger partial charge in [0.15, 0.2) is 5.82 Å². The van der Waals surface area contributed by atoms with Gasteiger partial charge in [-0.05, 0) is 48.6 Å². The fraction of sp³-hybridized carbons (Fsp3) is 0.250. The Hall–Kier alpha value is -2.73. The maximum atomic E-state index is 12.6. The summed E-state index contributed by atoms with van der Waals surface area (Å²) < 4.78 is 0. The second-order valence-corrected chi connectivity index (χ2v) is 7.34. The molecule has 1 fully saturated rings. The van der Waals surface area contributed by atoms with Crippen LogP contribution >= 0.6 is 11.3 Å². The molecule has 0 saturated carbocycles. The van der Waals surface area contributed by atoms with E-state index in [0.29, 0.717) is 6.54 Å². The van der Waals surface area contributed by atoms with Crippen molar-refractivity contribution in [3.8, 4) is 10.6 Å². The Balaban J connectivity index is 1.42. The standard InChI is InChI=1S/C20H20N4OS/c25-20(21-16-7-2-1-3-8-16)15-6-4-12-24(14-15)19-11-10-17(22-23-19)18-9-5-13-26-18/h1-3,5,7-11,13,15H,4,6,12,14H2,(H,21,25). The maximum Gasteiger partial charge on any atom is 0.229 e. The fourth-order valence-corrected chi connectivity index (χ4v) is 3.91. The van der Waals surface area contributed by atoms with Gasteiger partial charge in [-0.15, -0.1) is 21.5 Å². The van der Waals surface area contributed by atoms with E-state index < -0.39 is 0 Å². The molecule has 6 heteroatoms. The molecule has 5 nitrogen and oxygen atoms in total. The van der Waals surface area contributed by atoms with E-state index >= 15 is 0 Å². The van der Waals surface area contributed by atoms with E-state index in [1.54, 1.807) is 11.3 Å². The van der Waals surface area contributed by atoms with Gasteiger partial charge in [0.05, 0.1) is 10.8 Å². The number of carbonyl (C=O) groups is 1. The van der Waals surface area contributed by atoms with Crippen LogP contribution in [0.25, 0.3) is 10.6 Å². The molecule has 0 bridgehead atoms. The molecule has 26 heavy (non-hydrogen) atoms. The van der Waals surface area contributed by atoms with Gasteiger partial charge in [0, 0.05) is 18.8 Å². The highest BCUT2D eigenvalue weighted by molar-refractivity contribution is 7.13. The van der Waals surface area contributed by atoms with Crippen molar-refractivity contribution in [3.05, 3.63) is 60.0 Å². The zero-order valence-electron chi connectivity index (χ0n) is 14.3. The minimum Gasteiger partial charge on any atom is -0.354 e. The number of piperidine rings is 1. The lowest BCUT2D eigenvalue weighted by molar-refractivity contribution is -0.120. The van der Waals surface area contributed by atoms with Gasteiger partial charge >= 0.3 is 0 Å². The summed E-state index contributed by atoms with van der Waals surface area (Å²) in [6.45, 7) is 1.58. The first-order valence-electron chi connectivity index (χ1n) is 8.78. The normalized spacial score (nSPS) is 17.1. The fourth-order valence-electron chi connectivity index (χ4n) is 3.21. The third kappa shape index (κ3) is 3.75. The van der Waals surface area contributed by atoms with Crippen molar-refractivity contribution in [3.63, 3.8) is 0 Å². The molecule has 1 unspecified atom stereocenters. The zero-order chi connectivity index (χ0) is 17.8. The van der Waals surface area contributed by atoms with Crippen LogP contribution in [0.3, 0.4) is 0 Å². The highest BCUT2D eigenvalue weighted by atomic mass is 32.1. The van der Waals surface area contributed by atoms with Crippen LogP contribution in [0.2, 0.25) is 0 Å². The van der Waals surface area contributed by atoms with Crippen molar-refractivity contribution >= 4 is 28.7 Å². The molecule has 132 valence electrons. The van der Waals surface area contributed by atoms with Gasteiger partial charge in [0.25, 0.3) is 0 Å². The molecule has 2 aromatic heterocycles. The summed E-state index contributed by atoms with van der Waals surface area (Å²) in [4.78, 5) is 15.9. The Labute approximate surface area is 156 Å². The van der Waals surface area contributed by atoms with Gasteiger partial charge in [0.1, 0.15) is 5.69 Å². The average Bonchev–Trinajstić information content (AvgIpc) is 3.24. The molecule has 1 atom stereocenters. The van der Waals surface area contributed by atoms with Gasteiger partial charge in [-0.2, -0.15) is 0 Å². The lowest BCUT2D eigenvalue weighted by atomic mass is 9.97. The van der Waals surface area contributed by atoms with E-state index in [-0.39, 0.29) is 11.8 Å². The summed E-state index contributed by atoms with van der Waals surface area (Å²) in [5, 5.41) is 13.8. The monoisotopic (exact) mass is 364 g/mol. The smallest absolute Gasteiger partial charge is 0.229 e. The Morgan fingerprint density at radius 2 is 1.96 bits per heavy atom. The van der Waals surface area contributed by atoms with E-state index in [1.165, 1.54) is 0 Å². The van der Waals surface area contributed by atoms with E-state index in [2.05, 4.69) is 20.4 Å². The van der Waals surface area contributed by atoms with Crippen LogP contribution in [0.15, 0.2) is 60.0 Å². The Bertz CT molecular complexity index is 849. The number of benzene rings is 1. The number of para-hydroxylation sites is 1. The van der Waals surface area contributed by atoms with E-state index in [4.69, 9.17) is 0 Å². The summed E-state index contributed by atoms with van der Waals surface area (Å²) in [5.41, 5.74) is 1.73. The van der Waals surface area contributed by atoms with Crippen LogP contribution < -0.4 is 10.2 Å². The molecule has 1 aromatic carbocycles. The van der Waals surface area contributed by atoms with Crippen molar-refractivity contribution < 1.29 is 4.79 Å². The Morgan fingerprint density at radius 3 is 2.69 bits per heavy atom. The second-order valence-electron chi connectivity index (χ2n) is 6.39. The molecule has 1 aliphatic rings. The van der Waals surface area contributed by atoms with Crippen molar-refractivity contribution in [1.82, 2.24) is 10.2 Å². The van der Waals surface area contributed by atoms with Crippen molar-refractivity contribution in [2.75, 3.05) is 23.3 Å². The Kier molecular flexibility index (Phi) is 4.93. The van der Waals surface area contributed by atoms with Gasteiger partial charge in [-0.1, -0.05) is 24.3 Å². The van der Waals surface area contributed by atoms with E-state index in [9.17, 15) is 4.79 Å². The molecule has 3 heterocycles. The van der Waals surface area contributed by atoms with Gasteiger partial charge in [0.2, 0.25) is 5.91 Å². The second kappa shape index (κ2) is 7.66. The van der Waals surface area contributed by atoms with Crippen molar-refractivity contribution in [1.29, 1.82) is 0 Å². The number of anilines is 2. The van der Waals surface area contributed by atoms with Crippen LogP contribution in [-0.4, -0.2) is 29.2 Å². The van der Waals surface area contributed by atoms with Crippen LogP contribution in [0.4, 0.5) is 11.5 Å². The minimum atomic E-state index is -0.0391. The van der Waals surface area contributed by atoms with Crippen molar-refractivity contribution in [2.24, 2.45) is 5.92 Å². The molecule has 1 N–H and O–H groups in total. The van der Waals surface area contributed by atoms with Gasteiger partial charge in [-0.25, -0.2) is 0 Å². The average molecular weight is 364 g/mol. The highest BCUT2D eigenvalue weighted by Gasteiger charge is 2.26. The summed E-state index contributed by atoms with van der Waals surface area (Å²) >= 11 is 1.65. The molecule has 4 rings (SSSR count). The molecule has 0 radical (unpaired) electrons. The predicted octanol–water partition coefficient (Wildman–Crippen LogP) is 4.06. The molecule has 3 aromatic rings. The molecule has 0 aliphatic carbocycles. The lowest BCUT2D eigenvalue weighted by Gasteiger charge is -2.32. The zero-order valence-corrected chi connectivity index (χ0v) is 15.2. The highest BCUT2D eigenvalue weighted by Crippen LogP contribution is 2.26. The number of rotatable bonds is 4. The summed E-state index contributed by atoms with van der Waals surface area (Å²) in [6, 6.07) is 17.7. The third-order valence-electron chi connectivity index (χ3n) is 4.58. The number of nitrogens with zero attached hydrogens (tertiary/aromatic N) is 3. The number of amides is 1. The van der Waals surface area contributed by atoms with Crippen LogP contribution in [-0.2, 0) is 4.79 Å². The largest absolute Gasteiger partial charge is 0.354 e. The quantitative estimate of drug-likeness (QED) is 0.758. The predicted molar refractivity (Wildman–Crippen MR) is 105 cm³/mol. The number of nitrogens with one attached hydrogen (secondary N) is 1. The third-order valence-corrected chi connectivity index (χ3v) is 5.47. The minimum absolute atomic E-state index is 0.0391. The van der Waals surface area contributed by atoms with Crippen LogP contribution in [0, 0.1) is 5.92 Å². The molecular weight excluding hydrogens is 344 g/mol. The molecule has 0 spiro atoms. The van der Waals surface area contributed by atoms with Crippen molar-refractivity contribution in [2.45, 2.75) is 12.8 Å². The van der Waals surface area contributed by atoms with Crippen LogP contribution in [0.5, 0.6) is 0 Å². The molecule has 1 amide bonds. The first-order valence-corrected chi connectivity index (χ1v) is 9.66. The molecule has 1 aliphatic heterocycles. The first kappa shape index (κ1) is 16.7. The van der Waals surface area contributed by atoms with Gasteiger partial charge < -0.3 is 10.2 Å². The SMILES string of the molecule is O=C(Nc1ccccc1)C1CCCN(c2ccc(-c3cccs3)nn2)C1. The summed E-state index contributed by atoms with van der Waals surface area (Å²) in [7, 11) is 0.